The lowest BCUT2D eigenvalue weighted by atomic mass is 9.94. The molecule has 0 aromatic rings. The van der Waals surface area contributed by atoms with Crippen molar-refractivity contribution in [2.75, 3.05) is 19.6 Å². The van der Waals surface area contributed by atoms with Gasteiger partial charge in [0, 0.05) is 12.6 Å². The number of allylic oxidation sites excluding steroid dienone is 1. The Morgan fingerprint density at radius 3 is 3.00 bits per heavy atom. The zero-order valence-corrected chi connectivity index (χ0v) is 8.71. The Hall–Kier alpha value is -0.340. The van der Waals surface area contributed by atoms with Crippen LogP contribution in [0.25, 0.3) is 0 Å². The number of nitrogens with zero attached hydrogens (tertiary/aromatic N) is 1. The topological polar surface area (TPSA) is 29.3 Å². The lowest BCUT2D eigenvalue weighted by Gasteiger charge is -2.34. The van der Waals surface area contributed by atoms with Crippen molar-refractivity contribution in [3.63, 3.8) is 0 Å². The van der Waals surface area contributed by atoms with Gasteiger partial charge in [-0.1, -0.05) is 13.0 Å². The van der Waals surface area contributed by atoms with Crippen LogP contribution in [-0.2, 0) is 0 Å². The second kappa shape index (κ2) is 5.40. The molecule has 1 saturated heterocycles. The zero-order chi connectivity index (χ0) is 9.68. The van der Waals surface area contributed by atoms with Gasteiger partial charge in [0.05, 0.1) is 0 Å². The molecule has 0 aromatic carbocycles. The predicted octanol–water partition coefficient (Wildman–Crippen LogP) is 1.62. The largest absolute Gasteiger partial charge is 0.326 e. The molecule has 13 heavy (non-hydrogen) atoms. The van der Waals surface area contributed by atoms with E-state index in [0.29, 0.717) is 12.0 Å². The van der Waals surface area contributed by atoms with Gasteiger partial charge in [0.2, 0.25) is 0 Å². The lowest BCUT2D eigenvalue weighted by Crippen LogP contribution is -2.47. The van der Waals surface area contributed by atoms with E-state index in [1.54, 1.807) is 0 Å². The van der Waals surface area contributed by atoms with Gasteiger partial charge in [-0.3, -0.25) is 0 Å². The van der Waals surface area contributed by atoms with E-state index in [2.05, 4.69) is 18.4 Å². The number of rotatable bonds is 4. The molecular weight excluding hydrogens is 160 g/mol. The Morgan fingerprint density at radius 2 is 2.38 bits per heavy atom. The number of hydrogen-bond donors (Lipinski definition) is 1. The van der Waals surface area contributed by atoms with Crippen molar-refractivity contribution < 1.29 is 0 Å². The summed E-state index contributed by atoms with van der Waals surface area (Å²) in [4.78, 5) is 2.48. The molecule has 0 spiro atoms. The molecule has 2 unspecified atom stereocenters. The van der Waals surface area contributed by atoms with Gasteiger partial charge in [-0.05, 0) is 38.3 Å². The third-order valence-electron chi connectivity index (χ3n) is 2.98. The lowest BCUT2D eigenvalue weighted by molar-refractivity contribution is 0.168. The monoisotopic (exact) mass is 182 g/mol. The van der Waals surface area contributed by atoms with Crippen LogP contribution in [0.1, 0.15) is 26.2 Å². The van der Waals surface area contributed by atoms with Crippen molar-refractivity contribution in [2.45, 2.75) is 32.2 Å². The van der Waals surface area contributed by atoms with Gasteiger partial charge in [-0.15, -0.1) is 6.58 Å². The fourth-order valence-electron chi connectivity index (χ4n) is 1.83. The van der Waals surface area contributed by atoms with E-state index in [9.17, 15) is 0 Å². The van der Waals surface area contributed by atoms with Crippen LogP contribution in [0.2, 0.25) is 0 Å². The second-order valence-corrected chi connectivity index (χ2v) is 4.16. The minimum Gasteiger partial charge on any atom is -0.326 e. The molecule has 0 amide bonds. The van der Waals surface area contributed by atoms with Crippen LogP contribution in [0.3, 0.4) is 0 Å². The molecule has 1 heterocycles. The summed E-state index contributed by atoms with van der Waals surface area (Å²) in [6.07, 6.45) is 5.60. The van der Waals surface area contributed by atoms with Crippen LogP contribution < -0.4 is 5.73 Å². The first-order valence-electron chi connectivity index (χ1n) is 5.33. The van der Waals surface area contributed by atoms with Crippen molar-refractivity contribution in [1.82, 2.24) is 4.90 Å². The van der Waals surface area contributed by atoms with Crippen molar-refractivity contribution in [3.8, 4) is 0 Å². The first-order valence-corrected chi connectivity index (χ1v) is 5.33. The Bertz CT molecular complexity index is 156. The van der Waals surface area contributed by atoms with Crippen LogP contribution in [0, 0.1) is 5.92 Å². The summed E-state index contributed by atoms with van der Waals surface area (Å²) >= 11 is 0. The molecule has 1 aliphatic heterocycles. The van der Waals surface area contributed by atoms with E-state index in [0.717, 1.165) is 13.0 Å². The second-order valence-electron chi connectivity index (χ2n) is 4.16. The summed E-state index contributed by atoms with van der Waals surface area (Å²) in [5, 5.41) is 0. The third kappa shape index (κ3) is 3.49. The average Bonchev–Trinajstić information content (AvgIpc) is 2.12. The van der Waals surface area contributed by atoms with E-state index in [4.69, 9.17) is 5.73 Å². The molecule has 0 bridgehead atoms. The quantitative estimate of drug-likeness (QED) is 0.529. The minimum atomic E-state index is 0.387. The van der Waals surface area contributed by atoms with Crippen molar-refractivity contribution in [3.05, 3.63) is 12.7 Å². The Labute approximate surface area is 81.8 Å². The zero-order valence-electron chi connectivity index (χ0n) is 8.71. The molecule has 1 rings (SSSR count). The average molecular weight is 182 g/mol. The van der Waals surface area contributed by atoms with E-state index in [1.807, 2.05) is 6.08 Å². The van der Waals surface area contributed by atoms with Crippen LogP contribution in [0.5, 0.6) is 0 Å². The molecule has 0 radical (unpaired) electrons. The Kier molecular flexibility index (Phi) is 4.46. The summed E-state index contributed by atoms with van der Waals surface area (Å²) in [5.41, 5.74) is 6.01. The molecule has 2 atom stereocenters. The predicted molar refractivity (Wildman–Crippen MR) is 57.6 cm³/mol. The highest BCUT2D eigenvalue weighted by Crippen LogP contribution is 2.15. The summed E-state index contributed by atoms with van der Waals surface area (Å²) in [7, 11) is 0. The SMILES string of the molecule is C=CCCCN1CCC(C)C(N)C1. The number of piperidine rings is 1. The maximum atomic E-state index is 6.01. The maximum Gasteiger partial charge on any atom is 0.0194 e. The van der Waals surface area contributed by atoms with E-state index >= 15 is 0 Å². The molecular formula is C11H22N2. The van der Waals surface area contributed by atoms with Crippen LogP contribution in [0.15, 0.2) is 12.7 Å². The third-order valence-corrected chi connectivity index (χ3v) is 2.98. The van der Waals surface area contributed by atoms with Crippen LogP contribution in [0.4, 0.5) is 0 Å². The highest BCUT2D eigenvalue weighted by atomic mass is 15.1. The first-order chi connectivity index (χ1) is 6.24. The van der Waals surface area contributed by atoms with Gasteiger partial charge in [0.25, 0.3) is 0 Å². The van der Waals surface area contributed by atoms with Gasteiger partial charge in [0.15, 0.2) is 0 Å². The molecule has 1 fully saturated rings. The maximum absolute atomic E-state index is 6.01. The highest BCUT2D eigenvalue weighted by molar-refractivity contribution is 4.80. The van der Waals surface area contributed by atoms with Gasteiger partial charge in [-0.25, -0.2) is 0 Å². The van der Waals surface area contributed by atoms with E-state index < -0.39 is 0 Å². The molecule has 2 heteroatoms. The minimum absolute atomic E-state index is 0.387. The molecule has 1 aliphatic rings. The molecule has 0 aromatic heterocycles. The van der Waals surface area contributed by atoms with Gasteiger partial charge in [0.1, 0.15) is 0 Å². The van der Waals surface area contributed by atoms with Crippen LogP contribution >= 0.6 is 0 Å². The summed E-state index contributed by atoms with van der Waals surface area (Å²) in [6, 6.07) is 0.387. The van der Waals surface area contributed by atoms with Crippen molar-refractivity contribution >= 4 is 0 Å². The standard InChI is InChI=1S/C11H22N2/c1-3-4-5-7-13-8-6-10(2)11(12)9-13/h3,10-11H,1,4-9,12H2,2H3. The molecule has 0 aliphatic carbocycles. The van der Waals surface area contributed by atoms with Crippen LogP contribution in [-0.4, -0.2) is 30.6 Å². The first kappa shape index (κ1) is 10.7. The fraction of sp³-hybridized carbons (Fsp3) is 0.818. The molecule has 2 N–H and O–H groups in total. The number of unbranched alkanes of at least 4 members (excludes halogenated alkanes) is 1. The molecule has 76 valence electrons. The molecule has 2 nitrogen and oxygen atoms in total. The van der Waals surface area contributed by atoms with E-state index in [1.165, 1.54) is 25.9 Å². The smallest absolute Gasteiger partial charge is 0.0194 e. The van der Waals surface area contributed by atoms with E-state index in [-0.39, 0.29) is 0 Å². The number of nitrogens with two attached hydrogens (primary N) is 1. The number of hydrogen-bond acceptors (Lipinski definition) is 2. The van der Waals surface area contributed by atoms with Gasteiger partial charge < -0.3 is 10.6 Å². The summed E-state index contributed by atoms with van der Waals surface area (Å²) < 4.78 is 0. The Morgan fingerprint density at radius 1 is 1.62 bits per heavy atom. The fourth-order valence-corrected chi connectivity index (χ4v) is 1.83. The van der Waals surface area contributed by atoms with Gasteiger partial charge in [-0.2, -0.15) is 0 Å². The Balaban J connectivity index is 2.17. The van der Waals surface area contributed by atoms with Crippen molar-refractivity contribution in [1.29, 1.82) is 0 Å². The summed E-state index contributed by atoms with van der Waals surface area (Å²) in [6.45, 7) is 9.48. The summed E-state index contributed by atoms with van der Waals surface area (Å²) in [5.74, 6) is 0.704. The normalized spacial score (nSPS) is 30.3. The molecule has 0 saturated carbocycles. The van der Waals surface area contributed by atoms with Crippen molar-refractivity contribution in [2.24, 2.45) is 11.7 Å². The van der Waals surface area contributed by atoms with Gasteiger partial charge >= 0.3 is 0 Å². The number of likely N-dealkylation sites (tertiary alicyclic amines) is 1. The highest BCUT2D eigenvalue weighted by Gasteiger charge is 2.22.